The molecule has 1 aliphatic heterocycles. The van der Waals surface area contributed by atoms with Crippen LogP contribution in [0.4, 0.5) is 0 Å². The van der Waals surface area contributed by atoms with Crippen LogP contribution in [0.15, 0.2) is 48.5 Å². The summed E-state index contributed by atoms with van der Waals surface area (Å²) in [5, 5.41) is 9.66. The lowest BCUT2D eigenvalue weighted by atomic mass is 9.97. The number of hydrogen-bond acceptors (Lipinski definition) is 4. The number of carbonyl (C=O) groups is 1. The summed E-state index contributed by atoms with van der Waals surface area (Å²) in [6.45, 7) is 7.30. The Labute approximate surface area is 171 Å². The van der Waals surface area contributed by atoms with Crippen LogP contribution in [0.3, 0.4) is 0 Å². The normalized spacial score (nSPS) is 13.4. The molecule has 0 fully saturated rings. The monoisotopic (exact) mass is 387 g/mol. The number of phenols is 1. The van der Waals surface area contributed by atoms with Crippen LogP contribution >= 0.6 is 0 Å². The lowest BCUT2D eigenvalue weighted by molar-refractivity contribution is 0.0733. The molecular weight excluding hydrogens is 362 g/mol. The van der Waals surface area contributed by atoms with Crippen LogP contribution in [0, 0.1) is 6.92 Å². The first kappa shape index (κ1) is 19.1. The van der Waals surface area contributed by atoms with Crippen LogP contribution in [0.1, 0.15) is 52.8 Å². The van der Waals surface area contributed by atoms with Gasteiger partial charge in [-0.3, -0.25) is 4.79 Å². The molecule has 4 rings (SSSR count). The van der Waals surface area contributed by atoms with Gasteiger partial charge in [-0.25, -0.2) is 9.97 Å². The summed E-state index contributed by atoms with van der Waals surface area (Å²) < 4.78 is 0. The Balaban J connectivity index is 1.73. The molecule has 0 bridgehead atoms. The van der Waals surface area contributed by atoms with E-state index in [1.54, 1.807) is 12.1 Å². The van der Waals surface area contributed by atoms with E-state index in [4.69, 9.17) is 9.97 Å². The number of nitrogens with zero attached hydrogens (tertiary/aromatic N) is 3. The Morgan fingerprint density at radius 3 is 2.38 bits per heavy atom. The molecule has 5 heteroatoms. The predicted octanol–water partition coefficient (Wildman–Crippen LogP) is 4.48. The van der Waals surface area contributed by atoms with Gasteiger partial charge in [-0.15, -0.1) is 0 Å². The van der Waals surface area contributed by atoms with Gasteiger partial charge in [0.2, 0.25) is 0 Å². The molecule has 2 heterocycles. The number of aromatic hydroxyl groups is 1. The van der Waals surface area contributed by atoms with E-state index >= 15 is 0 Å². The highest BCUT2D eigenvalue weighted by atomic mass is 16.3. The van der Waals surface area contributed by atoms with E-state index in [-0.39, 0.29) is 17.6 Å². The molecule has 0 radical (unpaired) electrons. The van der Waals surface area contributed by atoms with Crippen LogP contribution in [-0.4, -0.2) is 32.4 Å². The number of phenolic OH excluding ortho intramolecular Hbond substituents is 1. The first-order valence-corrected chi connectivity index (χ1v) is 9.97. The number of aromatic nitrogens is 2. The summed E-state index contributed by atoms with van der Waals surface area (Å²) in [6, 6.07) is 14.7. The Hall–Kier alpha value is -3.21. The van der Waals surface area contributed by atoms with Crippen molar-refractivity contribution in [3.8, 4) is 17.0 Å². The maximum Gasteiger partial charge on any atom is 0.254 e. The molecular formula is C24H25N3O2. The minimum absolute atomic E-state index is 0.0280. The Morgan fingerprint density at radius 1 is 1.03 bits per heavy atom. The van der Waals surface area contributed by atoms with Crippen LogP contribution in [-0.2, 0) is 13.0 Å². The fourth-order valence-corrected chi connectivity index (χ4v) is 3.60. The molecule has 0 atom stereocenters. The number of hydrogen-bond donors (Lipinski definition) is 1. The zero-order valence-electron chi connectivity index (χ0n) is 17.0. The van der Waals surface area contributed by atoms with Gasteiger partial charge in [-0.05, 0) is 43.3 Å². The topological polar surface area (TPSA) is 66.3 Å². The number of carbonyl (C=O) groups excluding carboxylic acids is 1. The van der Waals surface area contributed by atoms with Crippen molar-refractivity contribution in [1.82, 2.24) is 14.9 Å². The fraction of sp³-hybridized carbons (Fsp3) is 0.292. The van der Waals surface area contributed by atoms with Gasteiger partial charge in [-0.2, -0.15) is 0 Å². The zero-order valence-corrected chi connectivity index (χ0v) is 17.0. The first-order valence-electron chi connectivity index (χ1n) is 9.97. The van der Waals surface area contributed by atoms with Crippen molar-refractivity contribution in [3.05, 3.63) is 76.7 Å². The van der Waals surface area contributed by atoms with E-state index in [0.717, 1.165) is 33.9 Å². The molecule has 2 aromatic carbocycles. The van der Waals surface area contributed by atoms with Crippen molar-refractivity contribution in [2.75, 3.05) is 6.54 Å². The Kier molecular flexibility index (Phi) is 5.05. The summed E-state index contributed by atoms with van der Waals surface area (Å²) in [4.78, 5) is 24.5. The lowest BCUT2D eigenvalue weighted by Crippen LogP contribution is -2.37. The van der Waals surface area contributed by atoms with Gasteiger partial charge >= 0.3 is 0 Å². The zero-order chi connectivity index (χ0) is 20.5. The fourth-order valence-electron chi connectivity index (χ4n) is 3.60. The largest absolute Gasteiger partial charge is 0.508 e. The third-order valence-electron chi connectivity index (χ3n) is 5.32. The van der Waals surface area contributed by atoms with Crippen molar-refractivity contribution in [3.63, 3.8) is 0 Å². The summed E-state index contributed by atoms with van der Waals surface area (Å²) in [7, 11) is 0. The smallest absolute Gasteiger partial charge is 0.254 e. The van der Waals surface area contributed by atoms with Crippen molar-refractivity contribution in [2.24, 2.45) is 0 Å². The molecule has 0 saturated carbocycles. The molecule has 3 aromatic rings. The summed E-state index contributed by atoms with van der Waals surface area (Å²) in [6.07, 6.45) is 0.709. The molecule has 0 saturated heterocycles. The standard InChI is InChI=1S/C24H25N3O2/c1-15(2)23-25-21-12-13-27(24(29)18-6-4-16(3)5-7-18)14-20(21)22(26-23)17-8-10-19(28)11-9-17/h4-11,15,28H,12-14H2,1-3H3. The number of rotatable bonds is 3. The predicted molar refractivity (Wildman–Crippen MR) is 113 cm³/mol. The quantitative estimate of drug-likeness (QED) is 0.720. The van der Waals surface area contributed by atoms with Gasteiger partial charge in [-0.1, -0.05) is 31.5 Å². The van der Waals surface area contributed by atoms with Gasteiger partial charge in [0.05, 0.1) is 11.4 Å². The number of aryl methyl sites for hydroxylation is 1. The van der Waals surface area contributed by atoms with E-state index in [2.05, 4.69) is 13.8 Å². The third-order valence-corrected chi connectivity index (χ3v) is 5.32. The van der Waals surface area contributed by atoms with Crippen molar-refractivity contribution < 1.29 is 9.90 Å². The highest BCUT2D eigenvalue weighted by Crippen LogP contribution is 2.31. The molecule has 0 aliphatic carbocycles. The van der Waals surface area contributed by atoms with Crippen molar-refractivity contribution in [1.29, 1.82) is 0 Å². The van der Waals surface area contributed by atoms with Gasteiger partial charge in [0, 0.05) is 42.1 Å². The van der Waals surface area contributed by atoms with Gasteiger partial charge in [0.15, 0.2) is 0 Å². The molecule has 0 spiro atoms. The van der Waals surface area contributed by atoms with Crippen LogP contribution < -0.4 is 0 Å². The van der Waals surface area contributed by atoms with Crippen LogP contribution in [0.2, 0.25) is 0 Å². The molecule has 148 valence electrons. The van der Waals surface area contributed by atoms with E-state index in [1.807, 2.05) is 48.2 Å². The average Bonchev–Trinajstić information content (AvgIpc) is 2.73. The van der Waals surface area contributed by atoms with Crippen molar-refractivity contribution >= 4 is 5.91 Å². The number of amides is 1. The second-order valence-electron chi connectivity index (χ2n) is 7.90. The molecule has 1 amide bonds. The van der Waals surface area contributed by atoms with Crippen LogP contribution in [0.25, 0.3) is 11.3 Å². The van der Waals surface area contributed by atoms with Crippen LogP contribution in [0.5, 0.6) is 5.75 Å². The maximum absolute atomic E-state index is 13.0. The Morgan fingerprint density at radius 2 is 1.72 bits per heavy atom. The second-order valence-corrected chi connectivity index (χ2v) is 7.90. The summed E-state index contributed by atoms with van der Waals surface area (Å²) >= 11 is 0. The SMILES string of the molecule is Cc1ccc(C(=O)N2CCc3nc(C(C)C)nc(-c4ccc(O)cc4)c3C2)cc1. The number of fused-ring (bicyclic) bond motifs is 1. The highest BCUT2D eigenvalue weighted by molar-refractivity contribution is 5.94. The molecule has 0 unspecified atom stereocenters. The summed E-state index contributed by atoms with van der Waals surface area (Å²) in [5.41, 5.74) is 5.61. The first-order chi connectivity index (χ1) is 13.9. The molecule has 1 N–H and O–H groups in total. The highest BCUT2D eigenvalue weighted by Gasteiger charge is 2.27. The third kappa shape index (κ3) is 3.86. The molecule has 1 aliphatic rings. The van der Waals surface area contributed by atoms with E-state index in [9.17, 15) is 9.90 Å². The summed E-state index contributed by atoms with van der Waals surface area (Å²) in [5.74, 6) is 1.27. The maximum atomic E-state index is 13.0. The lowest BCUT2D eigenvalue weighted by Gasteiger charge is -2.30. The molecule has 29 heavy (non-hydrogen) atoms. The van der Waals surface area contributed by atoms with Crippen molar-refractivity contribution in [2.45, 2.75) is 39.7 Å². The molecule has 5 nitrogen and oxygen atoms in total. The number of benzene rings is 2. The average molecular weight is 387 g/mol. The Bertz CT molecular complexity index is 1040. The van der Waals surface area contributed by atoms with Gasteiger partial charge in [0.1, 0.15) is 11.6 Å². The second kappa shape index (κ2) is 7.66. The van der Waals surface area contributed by atoms with Gasteiger partial charge < -0.3 is 10.0 Å². The van der Waals surface area contributed by atoms with E-state index in [1.165, 1.54) is 0 Å². The minimum Gasteiger partial charge on any atom is -0.508 e. The van der Waals surface area contributed by atoms with E-state index < -0.39 is 0 Å². The van der Waals surface area contributed by atoms with E-state index in [0.29, 0.717) is 25.1 Å². The minimum atomic E-state index is 0.0280. The van der Waals surface area contributed by atoms with Gasteiger partial charge in [0.25, 0.3) is 5.91 Å². The molecule has 1 aromatic heterocycles.